The summed E-state index contributed by atoms with van der Waals surface area (Å²) in [5.74, 6) is 0.0600. The van der Waals surface area contributed by atoms with Crippen LogP contribution in [0.15, 0.2) is 23.1 Å². The lowest BCUT2D eigenvalue weighted by atomic mass is 10.2. The fraction of sp³-hybridized carbons (Fsp3) is 0.500. The molecule has 0 spiro atoms. The van der Waals surface area contributed by atoms with Crippen LogP contribution < -0.4 is 10.5 Å². The number of nitro groups is 1. The average Bonchev–Trinajstić information content (AvgIpc) is 2.74. The zero-order valence-corrected chi connectivity index (χ0v) is 11.8. The normalized spacial score (nSPS) is 22.7. The molecule has 1 aromatic rings. The topological polar surface area (TPSA) is 113 Å². The molecule has 0 aromatic heterocycles. The summed E-state index contributed by atoms with van der Waals surface area (Å²) >= 11 is 0. The maximum Gasteiger partial charge on any atom is 0.312 e. The van der Waals surface area contributed by atoms with Crippen LogP contribution in [-0.4, -0.2) is 31.7 Å². The summed E-state index contributed by atoms with van der Waals surface area (Å²) in [6, 6.07) is 3.49. The Morgan fingerprint density at radius 1 is 1.40 bits per heavy atom. The molecule has 2 unspecified atom stereocenters. The smallest absolute Gasteiger partial charge is 0.312 e. The van der Waals surface area contributed by atoms with Crippen molar-refractivity contribution >= 4 is 15.5 Å². The Morgan fingerprint density at radius 2 is 2.10 bits per heavy atom. The van der Waals surface area contributed by atoms with E-state index in [-0.39, 0.29) is 28.5 Å². The number of rotatable bonds is 4. The Labute approximate surface area is 116 Å². The first-order valence-electron chi connectivity index (χ1n) is 6.20. The number of sulfone groups is 1. The molecule has 0 heterocycles. The van der Waals surface area contributed by atoms with Crippen molar-refractivity contribution in [3.63, 3.8) is 0 Å². The van der Waals surface area contributed by atoms with E-state index in [1.54, 1.807) is 0 Å². The summed E-state index contributed by atoms with van der Waals surface area (Å²) in [4.78, 5) is 10.3. The molecular formula is C12H16N2O5S. The van der Waals surface area contributed by atoms with Gasteiger partial charge in [0.1, 0.15) is 6.10 Å². The fourth-order valence-electron chi connectivity index (χ4n) is 2.23. The number of ether oxygens (including phenoxy) is 1. The summed E-state index contributed by atoms with van der Waals surface area (Å²) in [5, 5.41) is 11.1. The lowest BCUT2D eigenvalue weighted by Gasteiger charge is -2.17. The molecule has 110 valence electrons. The molecule has 0 radical (unpaired) electrons. The average molecular weight is 300 g/mol. The Kier molecular flexibility index (Phi) is 3.96. The van der Waals surface area contributed by atoms with Gasteiger partial charge in [-0.1, -0.05) is 0 Å². The highest BCUT2D eigenvalue weighted by atomic mass is 32.2. The highest BCUT2D eigenvalue weighted by Crippen LogP contribution is 2.33. The van der Waals surface area contributed by atoms with Gasteiger partial charge in [0.15, 0.2) is 15.6 Å². The van der Waals surface area contributed by atoms with Crippen molar-refractivity contribution in [3.8, 4) is 5.75 Å². The van der Waals surface area contributed by atoms with E-state index < -0.39 is 14.8 Å². The Balaban J connectivity index is 2.35. The molecular weight excluding hydrogens is 284 g/mol. The zero-order valence-electron chi connectivity index (χ0n) is 11.0. The first kappa shape index (κ1) is 14.7. The van der Waals surface area contributed by atoms with Crippen LogP contribution in [-0.2, 0) is 9.84 Å². The van der Waals surface area contributed by atoms with Crippen LogP contribution in [0.2, 0.25) is 0 Å². The first-order chi connectivity index (χ1) is 9.29. The molecule has 1 aliphatic carbocycles. The Morgan fingerprint density at radius 3 is 2.60 bits per heavy atom. The molecule has 7 nitrogen and oxygen atoms in total. The molecule has 2 atom stereocenters. The van der Waals surface area contributed by atoms with E-state index in [0.717, 1.165) is 31.6 Å². The molecule has 2 rings (SSSR count). The SMILES string of the molecule is CS(=O)(=O)c1ccc(OC2CCCC2N)c([N+](=O)[O-])c1. The van der Waals surface area contributed by atoms with Crippen molar-refractivity contribution in [2.45, 2.75) is 36.3 Å². The highest BCUT2D eigenvalue weighted by Gasteiger charge is 2.29. The van der Waals surface area contributed by atoms with Gasteiger partial charge in [-0.2, -0.15) is 0 Å². The minimum atomic E-state index is -3.50. The molecule has 1 fully saturated rings. The van der Waals surface area contributed by atoms with Gasteiger partial charge in [0, 0.05) is 18.4 Å². The van der Waals surface area contributed by atoms with Crippen molar-refractivity contribution in [2.75, 3.05) is 6.26 Å². The van der Waals surface area contributed by atoms with Gasteiger partial charge < -0.3 is 10.5 Å². The van der Waals surface area contributed by atoms with Gasteiger partial charge in [-0.3, -0.25) is 10.1 Å². The summed E-state index contributed by atoms with van der Waals surface area (Å²) in [6.07, 6.45) is 3.21. The highest BCUT2D eigenvalue weighted by molar-refractivity contribution is 7.90. The van der Waals surface area contributed by atoms with Gasteiger partial charge in [-0.15, -0.1) is 0 Å². The molecule has 20 heavy (non-hydrogen) atoms. The summed E-state index contributed by atoms with van der Waals surface area (Å²) < 4.78 is 28.5. The van der Waals surface area contributed by atoms with Gasteiger partial charge in [0.25, 0.3) is 0 Å². The molecule has 1 aromatic carbocycles. The van der Waals surface area contributed by atoms with Gasteiger partial charge in [-0.25, -0.2) is 8.42 Å². The third-order valence-electron chi connectivity index (χ3n) is 3.34. The first-order valence-corrected chi connectivity index (χ1v) is 8.09. The number of nitro benzene ring substituents is 1. The molecule has 0 bridgehead atoms. The second kappa shape index (κ2) is 5.37. The van der Waals surface area contributed by atoms with E-state index in [9.17, 15) is 18.5 Å². The van der Waals surface area contributed by atoms with E-state index >= 15 is 0 Å². The lowest BCUT2D eigenvalue weighted by Crippen LogP contribution is -2.33. The largest absolute Gasteiger partial charge is 0.482 e. The molecule has 0 saturated heterocycles. The van der Waals surface area contributed by atoms with E-state index in [2.05, 4.69) is 0 Å². The second-order valence-electron chi connectivity index (χ2n) is 4.91. The third-order valence-corrected chi connectivity index (χ3v) is 4.45. The third kappa shape index (κ3) is 3.07. The number of hydrogen-bond acceptors (Lipinski definition) is 6. The van der Waals surface area contributed by atoms with Crippen LogP contribution in [0.4, 0.5) is 5.69 Å². The van der Waals surface area contributed by atoms with Crippen LogP contribution in [0.1, 0.15) is 19.3 Å². The second-order valence-corrected chi connectivity index (χ2v) is 6.93. The van der Waals surface area contributed by atoms with Gasteiger partial charge in [0.05, 0.1) is 9.82 Å². The van der Waals surface area contributed by atoms with Gasteiger partial charge in [0.2, 0.25) is 0 Å². The van der Waals surface area contributed by atoms with E-state index in [1.165, 1.54) is 12.1 Å². The van der Waals surface area contributed by atoms with Crippen LogP contribution in [0, 0.1) is 10.1 Å². The van der Waals surface area contributed by atoms with E-state index in [1.807, 2.05) is 0 Å². The van der Waals surface area contributed by atoms with Crippen LogP contribution >= 0.6 is 0 Å². The number of nitrogens with two attached hydrogens (primary N) is 1. The Hall–Kier alpha value is -1.67. The van der Waals surface area contributed by atoms with Crippen molar-refractivity contribution in [1.82, 2.24) is 0 Å². The summed E-state index contributed by atoms with van der Waals surface area (Å²) in [5.41, 5.74) is 5.51. The quantitative estimate of drug-likeness (QED) is 0.661. The maximum atomic E-state index is 11.4. The van der Waals surface area contributed by atoms with E-state index in [4.69, 9.17) is 10.5 Å². The number of benzene rings is 1. The molecule has 0 aliphatic heterocycles. The minimum absolute atomic E-state index is 0.0600. The maximum absolute atomic E-state index is 11.4. The molecule has 0 amide bonds. The molecule has 1 saturated carbocycles. The predicted octanol–water partition coefficient (Wildman–Crippen LogP) is 1.26. The lowest BCUT2D eigenvalue weighted by molar-refractivity contribution is -0.386. The van der Waals surface area contributed by atoms with Crippen LogP contribution in [0.25, 0.3) is 0 Å². The zero-order chi connectivity index (χ0) is 14.9. The number of nitrogens with zero attached hydrogens (tertiary/aromatic N) is 1. The van der Waals surface area contributed by atoms with Crippen LogP contribution in [0.3, 0.4) is 0 Å². The molecule has 2 N–H and O–H groups in total. The van der Waals surface area contributed by atoms with Crippen molar-refractivity contribution in [1.29, 1.82) is 0 Å². The monoisotopic (exact) mass is 300 g/mol. The minimum Gasteiger partial charge on any atom is -0.482 e. The van der Waals surface area contributed by atoms with Crippen LogP contribution in [0.5, 0.6) is 5.75 Å². The summed E-state index contributed by atoms with van der Waals surface area (Å²) in [6.45, 7) is 0. The van der Waals surface area contributed by atoms with Crippen molar-refractivity contribution < 1.29 is 18.1 Å². The van der Waals surface area contributed by atoms with Gasteiger partial charge >= 0.3 is 5.69 Å². The standard InChI is InChI=1S/C12H16N2O5S/c1-20(17,18)8-5-6-12(10(7-8)14(15)16)19-11-4-2-3-9(11)13/h5-7,9,11H,2-4,13H2,1H3. The predicted molar refractivity (Wildman–Crippen MR) is 72.4 cm³/mol. The van der Waals surface area contributed by atoms with E-state index in [0.29, 0.717) is 0 Å². The molecule has 8 heteroatoms. The van der Waals surface area contributed by atoms with Crippen molar-refractivity contribution in [2.24, 2.45) is 5.73 Å². The Bertz CT molecular complexity index is 629. The fourth-order valence-corrected chi connectivity index (χ4v) is 2.88. The molecule has 1 aliphatic rings. The summed E-state index contributed by atoms with van der Waals surface area (Å²) in [7, 11) is -3.50. The van der Waals surface area contributed by atoms with Gasteiger partial charge in [-0.05, 0) is 31.4 Å². The number of hydrogen-bond donors (Lipinski definition) is 1. The van der Waals surface area contributed by atoms with Crippen molar-refractivity contribution in [3.05, 3.63) is 28.3 Å².